The van der Waals surface area contributed by atoms with Crippen LogP contribution in [-0.2, 0) is 64.0 Å². The van der Waals surface area contributed by atoms with E-state index in [-0.39, 0.29) is 93.1 Å². The van der Waals surface area contributed by atoms with Crippen LogP contribution in [0.15, 0.2) is 29.3 Å². The van der Waals surface area contributed by atoms with Gasteiger partial charge in [0.25, 0.3) is 0 Å². The van der Waals surface area contributed by atoms with Crippen LogP contribution in [0, 0.1) is 17.8 Å². The van der Waals surface area contributed by atoms with Gasteiger partial charge in [-0.25, -0.2) is 4.79 Å². The van der Waals surface area contributed by atoms with E-state index in [1.165, 1.54) is 24.3 Å². The SMILES string of the molecule is CC(C)C[C@H](NC(=O)[C@H](CC(C)C)NC(=O)[C@H](CCC(N)=O)NC(=O)[C@H](CCC(N)=O)NC(=O)[C@H](CCCCN)NC(=O)[C@H](CS)NC(=O)[C@H](Cc1ccc(O)cc1)NC(=O)[C@@H](NC(=O)[C@@H](N)CS)C(C)C)C(=O)N[C@@H](CCCN=C(N)N)C(=O)O. The van der Waals surface area contributed by atoms with E-state index in [0.717, 1.165) is 0 Å². The molecule has 0 aliphatic heterocycles. The summed E-state index contributed by atoms with van der Waals surface area (Å²) in [6.45, 7) is 10.6. The van der Waals surface area contributed by atoms with Crippen molar-refractivity contribution >= 4 is 102 Å². The van der Waals surface area contributed by atoms with Gasteiger partial charge in [-0.1, -0.05) is 53.7 Å². The number of carboxylic acids is 1. The molecule has 0 unspecified atom stereocenters. The van der Waals surface area contributed by atoms with Crippen molar-refractivity contribution in [1.29, 1.82) is 0 Å². The normalized spacial score (nSPS) is 14.7. The fourth-order valence-electron chi connectivity index (χ4n) is 8.36. The third-order valence-corrected chi connectivity index (χ3v) is 13.8. The van der Waals surface area contributed by atoms with Gasteiger partial charge in [0.1, 0.15) is 60.1 Å². The largest absolute Gasteiger partial charge is 0.508 e. The predicted molar refractivity (Wildman–Crippen MR) is 326 cm³/mol. The van der Waals surface area contributed by atoms with Gasteiger partial charge in [0, 0.05) is 37.3 Å². The van der Waals surface area contributed by atoms with Crippen LogP contribution >= 0.6 is 25.3 Å². The Kier molecular flexibility index (Phi) is 35.6. The van der Waals surface area contributed by atoms with Gasteiger partial charge in [-0.05, 0) is 99.8 Å². The fourth-order valence-corrected chi connectivity index (χ4v) is 8.78. The lowest BCUT2D eigenvalue weighted by Gasteiger charge is -2.29. The average Bonchev–Trinajstić information content (AvgIpc) is 3.65. The third kappa shape index (κ3) is 30.1. The number of aliphatic carboxylic acids is 1. The van der Waals surface area contributed by atoms with Crippen LogP contribution in [0.5, 0.6) is 5.75 Å². The number of amides is 11. The Hall–Kier alpha value is -7.45. The molecule has 0 aromatic heterocycles. The van der Waals surface area contributed by atoms with Crippen molar-refractivity contribution in [3.05, 3.63) is 29.8 Å². The molecule has 0 aliphatic rings. The molecule has 0 bridgehead atoms. The number of hydrogen-bond donors (Lipinski definition) is 19. The quantitative estimate of drug-likeness (QED) is 0.0128. The second kappa shape index (κ2) is 40.0. The predicted octanol–water partition coefficient (Wildman–Crippen LogP) is -3.97. The molecule has 0 radical (unpaired) electrons. The lowest BCUT2D eigenvalue weighted by atomic mass is 9.99. The van der Waals surface area contributed by atoms with Gasteiger partial charge in [0.05, 0.1) is 6.04 Å². The number of guanidine groups is 1. The van der Waals surface area contributed by atoms with E-state index in [0.29, 0.717) is 12.0 Å². The number of rotatable bonds is 42. The topological polar surface area (TPSA) is 522 Å². The number of carbonyl (C=O) groups excluding carboxylic acids is 11. The summed E-state index contributed by atoms with van der Waals surface area (Å²) in [5.41, 5.74) is 33.7. The highest BCUT2D eigenvalue weighted by Crippen LogP contribution is 2.15. The molecule has 0 heterocycles. The van der Waals surface area contributed by atoms with Crippen LogP contribution in [0.1, 0.15) is 118 Å². The molecule has 23 N–H and O–H groups in total. The van der Waals surface area contributed by atoms with Crippen molar-refractivity contribution in [2.75, 3.05) is 24.6 Å². The van der Waals surface area contributed by atoms with Crippen LogP contribution in [0.25, 0.3) is 0 Å². The zero-order valence-electron chi connectivity index (χ0n) is 49.7. The number of nitrogens with zero attached hydrogens (tertiary/aromatic N) is 1. The molecule has 484 valence electrons. The first-order chi connectivity index (χ1) is 40.3. The van der Waals surface area contributed by atoms with Crippen LogP contribution in [0.2, 0.25) is 0 Å². The smallest absolute Gasteiger partial charge is 0.326 e. The molecule has 0 fully saturated rings. The number of aromatic hydroxyl groups is 1. The van der Waals surface area contributed by atoms with E-state index in [9.17, 15) is 67.7 Å². The Morgan fingerprint density at radius 3 is 1.29 bits per heavy atom. The molecule has 32 heteroatoms. The van der Waals surface area contributed by atoms with E-state index in [1.54, 1.807) is 41.5 Å². The van der Waals surface area contributed by atoms with Crippen molar-refractivity contribution < 1.29 is 67.7 Å². The van der Waals surface area contributed by atoms with E-state index >= 15 is 0 Å². The van der Waals surface area contributed by atoms with Crippen LogP contribution in [0.4, 0.5) is 0 Å². The second-order valence-corrected chi connectivity index (χ2v) is 22.6. The molecule has 0 saturated carbocycles. The maximum absolute atomic E-state index is 14.3. The molecule has 86 heavy (non-hydrogen) atoms. The summed E-state index contributed by atoms with van der Waals surface area (Å²) in [5, 5.41) is 42.7. The molecule has 30 nitrogen and oxygen atoms in total. The Morgan fingerprint density at radius 1 is 0.488 bits per heavy atom. The Bertz CT molecular complexity index is 2470. The summed E-state index contributed by atoms with van der Waals surface area (Å²) in [6, 6.07) is -8.19. The molecule has 1 aromatic carbocycles. The number of phenols is 1. The van der Waals surface area contributed by atoms with Crippen molar-refractivity contribution in [3.8, 4) is 5.75 Å². The summed E-state index contributed by atoms with van der Waals surface area (Å²) >= 11 is 8.33. The zero-order chi connectivity index (χ0) is 65.4. The maximum Gasteiger partial charge on any atom is 0.326 e. The van der Waals surface area contributed by atoms with Gasteiger partial charge < -0.3 is 92.5 Å². The van der Waals surface area contributed by atoms with Crippen LogP contribution in [-0.4, -0.2) is 172 Å². The molecule has 0 spiro atoms. The highest BCUT2D eigenvalue weighted by Gasteiger charge is 2.36. The van der Waals surface area contributed by atoms with Gasteiger partial charge in [-0.2, -0.15) is 25.3 Å². The minimum absolute atomic E-state index is 0.0247. The highest BCUT2D eigenvalue weighted by atomic mass is 32.1. The monoisotopic (exact) mass is 1250 g/mol. The molecular weight excluding hydrogens is 1160 g/mol. The second-order valence-electron chi connectivity index (χ2n) is 21.9. The molecule has 11 amide bonds. The molecular formula is C54H92N16O14S2. The maximum atomic E-state index is 14.3. The Balaban J connectivity index is 3.59. The number of carbonyl (C=O) groups is 12. The summed E-state index contributed by atoms with van der Waals surface area (Å²) in [4.78, 5) is 165. The van der Waals surface area contributed by atoms with Gasteiger partial charge in [-0.3, -0.25) is 57.7 Å². The van der Waals surface area contributed by atoms with E-state index < -0.39 is 163 Å². The van der Waals surface area contributed by atoms with Crippen molar-refractivity contribution in [2.45, 2.75) is 179 Å². The minimum atomic E-state index is -1.66. The van der Waals surface area contributed by atoms with E-state index in [4.69, 9.17) is 34.4 Å². The molecule has 1 rings (SSSR count). The van der Waals surface area contributed by atoms with Gasteiger partial charge >= 0.3 is 5.97 Å². The number of thiol groups is 2. The highest BCUT2D eigenvalue weighted by molar-refractivity contribution is 7.80. The summed E-state index contributed by atoms with van der Waals surface area (Å²) < 4.78 is 0. The third-order valence-electron chi connectivity index (χ3n) is 13.0. The standard InChI is InChI=1S/C54H92N16O14S2/c1-27(2)22-37(48(78)65-36(53(83)84)11-9-21-61-54(59)60)67-49(79)38(23-28(3)4)66-47(77)35(17-19-42(58)73)64-46(76)34(16-18-41(57)72)63-45(75)33(10-7-8-20-55)62-51(81)40(26-86)69-50(80)39(24-30-12-14-31(71)15-13-30)68-52(82)43(29(5)6)70-44(74)32(56)25-85/h12-15,27-29,32-40,43,71,85-86H,7-11,16-26,55-56H2,1-6H3,(H2,57,72)(H2,58,73)(H,62,81)(H,63,75)(H,64,76)(H,65,78)(H,66,77)(H,67,79)(H,68,82)(H,69,80)(H,70,74)(H,83,84)(H4,59,60,61)/t32-,33-,34-,35-,36-,37-,38-,39-,40-,43-/m0/s1. The number of unbranched alkanes of at least 4 members (excludes halogenated alkanes) is 1. The van der Waals surface area contributed by atoms with Gasteiger partial charge in [0.2, 0.25) is 65.0 Å². The minimum Gasteiger partial charge on any atom is -0.508 e. The number of hydrogen-bond acceptors (Lipinski definition) is 18. The number of primary amides is 2. The number of carboxylic acid groups (broad SMARTS) is 1. The Morgan fingerprint density at radius 2 is 0.884 bits per heavy atom. The molecule has 0 saturated heterocycles. The lowest BCUT2D eigenvalue weighted by molar-refractivity contribution is -0.142. The van der Waals surface area contributed by atoms with Gasteiger partial charge in [0.15, 0.2) is 5.96 Å². The average molecular weight is 1250 g/mol. The summed E-state index contributed by atoms with van der Waals surface area (Å²) in [5.74, 6) is -12.8. The van der Waals surface area contributed by atoms with E-state index in [2.05, 4.69) is 78.1 Å². The molecule has 10 atom stereocenters. The lowest BCUT2D eigenvalue weighted by Crippen LogP contribution is -2.61. The zero-order valence-corrected chi connectivity index (χ0v) is 51.5. The first-order valence-electron chi connectivity index (χ1n) is 28.4. The summed E-state index contributed by atoms with van der Waals surface area (Å²) in [6.07, 6.45) is -1.37. The molecule has 0 aliphatic carbocycles. The van der Waals surface area contributed by atoms with Crippen LogP contribution < -0.4 is 82.3 Å². The Labute approximate surface area is 512 Å². The first-order valence-corrected chi connectivity index (χ1v) is 29.6. The van der Waals surface area contributed by atoms with Crippen molar-refractivity contribution in [2.24, 2.45) is 57.1 Å². The number of nitrogens with two attached hydrogens (primary N) is 6. The number of nitrogens with one attached hydrogen (secondary N) is 9. The summed E-state index contributed by atoms with van der Waals surface area (Å²) in [7, 11) is 0. The van der Waals surface area contributed by atoms with Crippen molar-refractivity contribution in [1.82, 2.24) is 47.9 Å². The van der Waals surface area contributed by atoms with Gasteiger partial charge in [-0.15, -0.1) is 0 Å². The fraction of sp³-hybridized carbons (Fsp3) is 0.648. The first kappa shape index (κ1) is 76.6. The van der Waals surface area contributed by atoms with E-state index in [1.807, 2.05) is 0 Å². The van der Waals surface area contributed by atoms with Crippen molar-refractivity contribution in [3.63, 3.8) is 0 Å². The molecule has 1 aromatic rings. The number of aliphatic imine (C=N–C) groups is 1. The van der Waals surface area contributed by atoms with Crippen LogP contribution in [0.3, 0.4) is 0 Å². The number of benzene rings is 1. The number of phenolic OH excluding ortho intramolecular Hbond substituents is 1.